The molecule has 3 nitrogen and oxygen atoms in total. The number of rotatable bonds is 5. The van der Waals surface area contributed by atoms with Crippen molar-refractivity contribution in [3.05, 3.63) is 17.5 Å². The Morgan fingerprint density at radius 1 is 1.47 bits per heavy atom. The van der Waals surface area contributed by atoms with E-state index in [1.807, 2.05) is 13.2 Å². The Bertz CT molecular complexity index is 287. The third-order valence-corrected chi connectivity index (χ3v) is 3.40. The molecule has 3 heteroatoms. The summed E-state index contributed by atoms with van der Waals surface area (Å²) in [6, 6.07) is 0. The first-order valence-electron chi connectivity index (χ1n) is 6.08. The second-order valence-electron chi connectivity index (χ2n) is 4.49. The summed E-state index contributed by atoms with van der Waals surface area (Å²) in [6.45, 7) is 1.09. The number of H-pyrrole nitrogens is 1. The lowest BCUT2D eigenvalue weighted by Gasteiger charge is -2.09. The van der Waals surface area contributed by atoms with Crippen LogP contribution < -0.4 is 5.32 Å². The van der Waals surface area contributed by atoms with E-state index in [1.54, 1.807) is 0 Å². The van der Waals surface area contributed by atoms with E-state index in [0.29, 0.717) is 0 Å². The lowest BCUT2D eigenvalue weighted by Crippen LogP contribution is -2.09. The van der Waals surface area contributed by atoms with Gasteiger partial charge in [-0.3, -0.25) is 5.10 Å². The normalized spacial score (nSPS) is 17.4. The van der Waals surface area contributed by atoms with E-state index in [0.717, 1.165) is 18.9 Å². The van der Waals surface area contributed by atoms with Gasteiger partial charge < -0.3 is 5.32 Å². The lowest BCUT2D eigenvalue weighted by molar-refractivity contribution is 0.681. The van der Waals surface area contributed by atoms with E-state index in [-0.39, 0.29) is 0 Å². The van der Waals surface area contributed by atoms with Crippen molar-refractivity contribution in [3.63, 3.8) is 0 Å². The molecule has 0 aliphatic heterocycles. The van der Waals surface area contributed by atoms with Crippen molar-refractivity contribution < 1.29 is 0 Å². The fourth-order valence-corrected chi connectivity index (χ4v) is 2.55. The molecule has 0 saturated heterocycles. The second kappa shape index (κ2) is 5.31. The highest BCUT2D eigenvalue weighted by molar-refractivity contribution is 5.22. The molecule has 0 unspecified atom stereocenters. The molecule has 1 aliphatic rings. The topological polar surface area (TPSA) is 40.7 Å². The van der Waals surface area contributed by atoms with Crippen molar-refractivity contribution in [2.24, 2.45) is 0 Å². The van der Waals surface area contributed by atoms with E-state index in [2.05, 4.69) is 15.5 Å². The second-order valence-corrected chi connectivity index (χ2v) is 4.49. The molecule has 1 aromatic heterocycles. The highest BCUT2D eigenvalue weighted by Gasteiger charge is 2.20. The van der Waals surface area contributed by atoms with Gasteiger partial charge in [0.05, 0.1) is 6.20 Å². The van der Waals surface area contributed by atoms with Gasteiger partial charge in [0.1, 0.15) is 0 Å². The van der Waals surface area contributed by atoms with Crippen LogP contribution in [0.2, 0.25) is 0 Å². The molecule has 0 atom stereocenters. The van der Waals surface area contributed by atoms with Crippen LogP contribution in [-0.2, 0) is 6.42 Å². The summed E-state index contributed by atoms with van der Waals surface area (Å²) in [5, 5.41) is 10.5. The predicted molar refractivity (Wildman–Crippen MR) is 62.0 cm³/mol. The molecule has 1 fully saturated rings. The minimum Gasteiger partial charge on any atom is -0.320 e. The van der Waals surface area contributed by atoms with Gasteiger partial charge in [-0.2, -0.15) is 5.10 Å². The fourth-order valence-electron chi connectivity index (χ4n) is 2.55. The Balaban J connectivity index is 1.95. The third-order valence-electron chi connectivity index (χ3n) is 3.40. The Kier molecular flexibility index (Phi) is 3.78. The van der Waals surface area contributed by atoms with Crippen LogP contribution in [-0.4, -0.2) is 23.8 Å². The Hall–Kier alpha value is -0.830. The zero-order valence-electron chi connectivity index (χ0n) is 9.55. The van der Waals surface area contributed by atoms with E-state index in [9.17, 15) is 0 Å². The Morgan fingerprint density at radius 2 is 2.27 bits per heavy atom. The van der Waals surface area contributed by atoms with Crippen molar-refractivity contribution in [1.82, 2.24) is 15.5 Å². The molecule has 0 radical (unpaired) electrons. The summed E-state index contributed by atoms with van der Waals surface area (Å²) >= 11 is 0. The van der Waals surface area contributed by atoms with Crippen LogP contribution in [0.5, 0.6) is 0 Å². The summed E-state index contributed by atoms with van der Waals surface area (Å²) < 4.78 is 0. The van der Waals surface area contributed by atoms with Crippen molar-refractivity contribution in [2.45, 2.75) is 44.4 Å². The maximum Gasteiger partial charge on any atom is 0.0524 e. The third kappa shape index (κ3) is 2.59. The van der Waals surface area contributed by atoms with Crippen molar-refractivity contribution in [3.8, 4) is 0 Å². The van der Waals surface area contributed by atoms with Gasteiger partial charge in [-0.15, -0.1) is 0 Å². The largest absolute Gasteiger partial charge is 0.320 e. The maximum atomic E-state index is 4.20. The van der Waals surface area contributed by atoms with Gasteiger partial charge in [-0.25, -0.2) is 0 Å². The van der Waals surface area contributed by atoms with Crippen molar-refractivity contribution in [1.29, 1.82) is 0 Å². The van der Waals surface area contributed by atoms with Gasteiger partial charge in [0.2, 0.25) is 0 Å². The van der Waals surface area contributed by atoms with Crippen LogP contribution in [0.15, 0.2) is 6.20 Å². The number of aryl methyl sites for hydroxylation is 1. The highest BCUT2D eigenvalue weighted by atomic mass is 15.1. The molecule has 1 heterocycles. The van der Waals surface area contributed by atoms with Crippen LogP contribution in [0.1, 0.15) is 49.3 Å². The van der Waals surface area contributed by atoms with Crippen LogP contribution in [0.25, 0.3) is 0 Å². The first kappa shape index (κ1) is 10.7. The van der Waals surface area contributed by atoms with Gasteiger partial charge in [0.25, 0.3) is 0 Å². The molecule has 2 N–H and O–H groups in total. The van der Waals surface area contributed by atoms with Crippen LogP contribution in [0.3, 0.4) is 0 Å². The number of nitrogens with one attached hydrogen (secondary N) is 2. The molecule has 15 heavy (non-hydrogen) atoms. The minimum atomic E-state index is 0.785. The summed E-state index contributed by atoms with van der Waals surface area (Å²) in [6.07, 6.45) is 9.88. The predicted octanol–water partition coefficient (Wildman–Crippen LogP) is 2.22. The van der Waals surface area contributed by atoms with Gasteiger partial charge in [-0.1, -0.05) is 12.8 Å². The molecule has 0 spiro atoms. The van der Waals surface area contributed by atoms with Crippen LogP contribution >= 0.6 is 0 Å². The van der Waals surface area contributed by atoms with E-state index in [4.69, 9.17) is 0 Å². The Labute approximate surface area is 91.7 Å². The van der Waals surface area contributed by atoms with Gasteiger partial charge in [-0.05, 0) is 50.8 Å². The molecular formula is C12H21N3. The standard InChI is InChI=1S/C12H21N3/c1-13-8-4-7-12-11(9-14-15-12)10-5-2-3-6-10/h9-10,13H,2-8H2,1H3,(H,14,15). The lowest BCUT2D eigenvalue weighted by atomic mass is 9.96. The number of hydrogen-bond acceptors (Lipinski definition) is 2. The van der Waals surface area contributed by atoms with E-state index in [1.165, 1.54) is 43.4 Å². The van der Waals surface area contributed by atoms with Crippen molar-refractivity contribution >= 4 is 0 Å². The maximum absolute atomic E-state index is 4.20. The monoisotopic (exact) mass is 207 g/mol. The minimum absolute atomic E-state index is 0.785. The SMILES string of the molecule is CNCCCc1[nH]ncc1C1CCCC1. The fraction of sp³-hybridized carbons (Fsp3) is 0.750. The molecule has 1 aromatic rings. The van der Waals surface area contributed by atoms with Crippen LogP contribution in [0, 0.1) is 0 Å². The number of aromatic amines is 1. The summed E-state index contributed by atoms with van der Waals surface area (Å²) in [7, 11) is 2.00. The molecule has 84 valence electrons. The number of nitrogens with zero attached hydrogens (tertiary/aromatic N) is 1. The molecule has 2 rings (SSSR count). The van der Waals surface area contributed by atoms with Crippen molar-refractivity contribution in [2.75, 3.05) is 13.6 Å². The number of hydrogen-bond donors (Lipinski definition) is 2. The first-order chi connectivity index (χ1) is 7.42. The molecule has 0 amide bonds. The average Bonchev–Trinajstić information content (AvgIpc) is 2.87. The zero-order chi connectivity index (χ0) is 10.5. The molecule has 1 aliphatic carbocycles. The zero-order valence-corrected chi connectivity index (χ0v) is 9.55. The van der Waals surface area contributed by atoms with Gasteiger partial charge >= 0.3 is 0 Å². The van der Waals surface area contributed by atoms with Gasteiger partial charge in [0.15, 0.2) is 0 Å². The smallest absolute Gasteiger partial charge is 0.0524 e. The molecule has 0 bridgehead atoms. The molecular weight excluding hydrogens is 186 g/mol. The molecule has 1 saturated carbocycles. The summed E-state index contributed by atoms with van der Waals surface area (Å²) in [4.78, 5) is 0. The van der Waals surface area contributed by atoms with Crippen LogP contribution in [0.4, 0.5) is 0 Å². The Morgan fingerprint density at radius 3 is 3.00 bits per heavy atom. The molecule has 0 aromatic carbocycles. The van der Waals surface area contributed by atoms with Gasteiger partial charge in [0, 0.05) is 5.69 Å². The number of aromatic nitrogens is 2. The quantitative estimate of drug-likeness (QED) is 0.727. The first-order valence-corrected chi connectivity index (χ1v) is 6.08. The van der Waals surface area contributed by atoms with E-state index >= 15 is 0 Å². The summed E-state index contributed by atoms with van der Waals surface area (Å²) in [5.74, 6) is 0.785. The summed E-state index contributed by atoms with van der Waals surface area (Å²) in [5.41, 5.74) is 2.86. The average molecular weight is 207 g/mol. The highest BCUT2D eigenvalue weighted by Crippen LogP contribution is 2.35. The van der Waals surface area contributed by atoms with E-state index < -0.39 is 0 Å².